The van der Waals surface area contributed by atoms with E-state index in [-0.39, 0.29) is 10.8 Å². The van der Waals surface area contributed by atoms with Gasteiger partial charge < -0.3 is 0 Å². The molecule has 0 fully saturated rings. The van der Waals surface area contributed by atoms with Crippen molar-refractivity contribution in [3.8, 4) is 35.8 Å². The van der Waals surface area contributed by atoms with Crippen molar-refractivity contribution in [1.82, 2.24) is 0 Å². The van der Waals surface area contributed by atoms with Crippen LogP contribution in [-0.2, 0) is 10.8 Å². The van der Waals surface area contributed by atoms with Gasteiger partial charge in [0.15, 0.2) is 0 Å². The average Bonchev–Trinajstić information content (AvgIpc) is 3.01. The zero-order valence-electron chi connectivity index (χ0n) is 26.0. The number of hydrogen-bond acceptors (Lipinski definition) is 2. The van der Waals surface area contributed by atoms with Crippen molar-refractivity contribution in [1.29, 1.82) is 10.5 Å². The van der Waals surface area contributed by atoms with Gasteiger partial charge in [0.25, 0.3) is 0 Å². The Morgan fingerprint density at radius 1 is 0.409 bits per heavy atom. The molecule has 0 aromatic heterocycles. The molecule has 0 aliphatic rings. The molecule has 0 atom stereocenters. The molecule has 0 amide bonds. The van der Waals surface area contributed by atoms with Crippen molar-refractivity contribution in [2.45, 2.75) is 52.4 Å². The fourth-order valence-electron chi connectivity index (χ4n) is 5.77. The summed E-state index contributed by atoms with van der Waals surface area (Å²) >= 11 is 0. The van der Waals surface area contributed by atoms with Crippen LogP contribution in [0.1, 0.15) is 86.1 Å². The first-order valence-electron chi connectivity index (χ1n) is 14.8. The molecule has 6 aromatic rings. The summed E-state index contributed by atoms with van der Waals surface area (Å²) in [5.41, 5.74) is 7.20. The van der Waals surface area contributed by atoms with Crippen LogP contribution in [0.15, 0.2) is 84.9 Å². The summed E-state index contributed by atoms with van der Waals surface area (Å²) in [5, 5.41) is 25.8. The van der Waals surface area contributed by atoms with E-state index in [1.54, 1.807) is 0 Å². The lowest BCUT2D eigenvalue weighted by molar-refractivity contribution is 0.590. The molecule has 0 N–H and O–H groups in total. The Balaban J connectivity index is 1.54. The quantitative estimate of drug-likeness (QED) is 0.136. The van der Waals surface area contributed by atoms with Gasteiger partial charge >= 0.3 is 0 Å². The molecule has 6 rings (SSSR count). The third-order valence-corrected chi connectivity index (χ3v) is 8.32. The van der Waals surface area contributed by atoms with Gasteiger partial charge in [-0.3, -0.25) is 0 Å². The monoisotopic (exact) mass is 564 g/mol. The Hall–Kier alpha value is -5.54. The molecule has 0 saturated carbocycles. The Morgan fingerprint density at radius 2 is 0.727 bits per heavy atom. The lowest BCUT2D eigenvalue weighted by atomic mass is 9.86. The highest BCUT2D eigenvalue weighted by Crippen LogP contribution is 2.40. The van der Waals surface area contributed by atoms with E-state index in [0.717, 1.165) is 54.6 Å². The zero-order valence-corrected chi connectivity index (χ0v) is 26.0. The van der Waals surface area contributed by atoms with Crippen LogP contribution in [0.3, 0.4) is 0 Å². The predicted molar refractivity (Wildman–Crippen MR) is 182 cm³/mol. The summed E-state index contributed by atoms with van der Waals surface area (Å²) in [6.45, 7) is 13.2. The zero-order chi connectivity index (χ0) is 31.2. The molecule has 0 spiro atoms. The summed E-state index contributed by atoms with van der Waals surface area (Å²) in [4.78, 5) is 0. The van der Waals surface area contributed by atoms with Crippen molar-refractivity contribution in [3.63, 3.8) is 0 Å². The fourth-order valence-corrected chi connectivity index (χ4v) is 5.77. The number of hydrogen-bond donors (Lipinski definition) is 0. The third kappa shape index (κ3) is 5.14. The van der Waals surface area contributed by atoms with Gasteiger partial charge in [-0.05, 0) is 79.9 Å². The minimum atomic E-state index is 0.0716. The highest BCUT2D eigenvalue weighted by atomic mass is 14.3. The predicted octanol–water partition coefficient (Wildman–Crippen LogP) is 9.72. The second-order valence-corrected chi connectivity index (χ2v) is 13.4. The van der Waals surface area contributed by atoms with Gasteiger partial charge in [-0.1, -0.05) is 114 Å². The van der Waals surface area contributed by atoms with Crippen LogP contribution in [-0.4, -0.2) is 0 Å². The highest BCUT2D eigenvalue weighted by molar-refractivity contribution is 6.26. The Morgan fingerprint density at radius 3 is 1.02 bits per heavy atom. The summed E-state index contributed by atoms with van der Waals surface area (Å²) < 4.78 is 0. The van der Waals surface area contributed by atoms with Crippen LogP contribution in [0.25, 0.3) is 32.3 Å². The van der Waals surface area contributed by atoms with Crippen LogP contribution in [0.4, 0.5) is 0 Å². The molecule has 0 saturated heterocycles. The molecule has 0 radical (unpaired) electrons. The molecule has 0 heterocycles. The number of benzene rings is 6. The van der Waals surface area contributed by atoms with Crippen LogP contribution >= 0.6 is 0 Å². The van der Waals surface area contributed by atoms with E-state index in [0.29, 0.717) is 11.1 Å². The van der Waals surface area contributed by atoms with E-state index in [2.05, 4.69) is 126 Å². The fraction of sp³-hybridized carbons (Fsp3) is 0.190. The molecule has 2 heteroatoms. The second-order valence-electron chi connectivity index (χ2n) is 13.4. The van der Waals surface area contributed by atoms with Gasteiger partial charge in [-0.2, -0.15) is 10.5 Å². The van der Waals surface area contributed by atoms with Crippen molar-refractivity contribution in [2.75, 3.05) is 0 Å². The molecule has 0 unspecified atom stereocenters. The molecule has 210 valence electrons. The SMILES string of the molecule is CC(C)(C)c1ccc(C#Cc2cc(C#N)c3ccc4c(C#Cc5ccc(C(C)(C)C)cc5)cc(C#N)c5ccc2c3c54)cc1. The maximum absolute atomic E-state index is 10.1. The Labute approximate surface area is 259 Å². The molecular formula is C42H32N2. The first kappa shape index (κ1) is 28.6. The average molecular weight is 565 g/mol. The molecule has 0 bridgehead atoms. The summed E-state index contributed by atoms with van der Waals surface area (Å²) in [6, 6.07) is 33.3. The van der Waals surface area contributed by atoms with E-state index in [1.807, 2.05) is 36.4 Å². The minimum Gasteiger partial charge on any atom is -0.192 e. The summed E-state index contributed by atoms with van der Waals surface area (Å²) in [7, 11) is 0. The van der Waals surface area contributed by atoms with Gasteiger partial charge in [0, 0.05) is 33.0 Å². The lowest BCUT2D eigenvalue weighted by Gasteiger charge is -2.18. The van der Waals surface area contributed by atoms with Gasteiger partial charge in [0.1, 0.15) is 0 Å². The van der Waals surface area contributed by atoms with Crippen LogP contribution < -0.4 is 0 Å². The smallest absolute Gasteiger partial charge is 0.0998 e. The van der Waals surface area contributed by atoms with E-state index in [4.69, 9.17) is 0 Å². The molecule has 0 aliphatic carbocycles. The van der Waals surface area contributed by atoms with Gasteiger partial charge in [-0.15, -0.1) is 0 Å². The minimum absolute atomic E-state index is 0.0716. The van der Waals surface area contributed by atoms with Crippen molar-refractivity contribution < 1.29 is 0 Å². The van der Waals surface area contributed by atoms with Crippen LogP contribution in [0, 0.1) is 46.3 Å². The van der Waals surface area contributed by atoms with E-state index in [9.17, 15) is 10.5 Å². The highest BCUT2D eigenvalue weighted by Gasteiger charge is 2.18. The molecule has 44 heavy (non-hydrogen) atoms. The van der Waals surface area contributed by atoms with Crippen LogP contribution in [0.2, 0.25) is 0 Å². The standard InChI is InChI=1S/C42H32N2/c1-41(2,3)33-15-9-27(10-16-33)7-13-29-23-31(25-43)37-22-20-36-30(14-8-28-11-17-34(18-12-28)42(4,5)6)24-32(26-44)38-21-19-35(29)39(37)40(36)38/h9-12,15-24H,1-6H3. The molecular weight excluding hydrogens is 532 g/mol. The van der Waals surface area contributed by atoms with Crippen molar-refractivity contribution in [2.24, 2.45) is 0 Å². The normalized spacial score (nSPS) is 11.5. The first-order valence-corrected chi connectivity index (χ1v) is 14.8. The number of rotatable bonds is 0. The van der Waals surface area contributed by atoms with Crippen molar-refractivity contribution >= 4 is 32.3 Å². The summed E-state index contributed by atoms with van der Waals surface area (Å²) in [6.07, 6.45) is 0. The maximum Gasteiger partial charge on any atom is 0.0998 e. The van der Waals surface area contributed by atoms with Gasteiger partial charge in [0.2, 0.25) is 0 Å². The Bertz CT molecular complexity index is 2120. The topological polar surface area (TPSA) is 47.6 Å². The first-order chi connectivity index (χ1) is 21.0. The third-order valence-electron chi connectivity index (χ3n) is 8.32. The number of nitrogens with zero attached hydrogens (tertiary/aromatic N) is 2. The van der Waals surface area contributed by atoms with Gasteiger partial charge in [-0.25, -0.2) is 0 Å². The Kier molecular flexibility index (Phi) is 6.90. The van der Waals surface area contributed by atoms with Crippen molar-refractivity contribution in [3.05, 3.63) is 129 Å². The van der Waals surface area contributed by atoms with E-state index < -0.39 is 0 Å². The van der Waals surface area contributed by atoms with Crippen LogP contribution in [0.5, 0.6) is 0 Å². The second kappa shape index (κ2) is 10.6. The molecule has 0 aliphatic heterocycles. The largest absolute Gasteiger partial charge is 0.192 e. The number of nitriles is 2. The van der Waals surface area contributed by atoms with E-state index in [1.165, 1.54) is 11.1 Å². The lowest BCUT2D eigenvalue weighted by Crippen LogP contribution is -2.10. The summed E-state index contributed by atoms with van der Waals surface area (Å²) in [5.74, 6) is 13.4. The molecule has 6 aromatic carbocycles. The maximum atomic E-state index is 10.1. The molecule has 2 nitrogen and oxygen atoms in total. The van der Waals surface area contributed by atoms with E-state index >= 15 is 0 Å². The van der Waals surface area contributed by atoms with Gasteiger partial charge in [0.05, 0.1) is 23.3 Å².